The zero-order valence-corrected chi connectivity index (χ0v) is 39.0. The van der Waals surface area contributed by atoms with Crippen molar-refractivity contribution in [1.82, 2.24) is 19.9 Å². The Kier molecular flexibility index (Phi) is 13.2. The molecule has 4 amide bonds. The van der Waals surface area contributed by atoms with Crippen LogP contribution in [0.4, 0.5) is 70.3 Å². The van der Waals surface area contributed by atoms with E-state index in [1.165, 1.54) is 54.6 Å². The van der Waals surface area contributed by atoms with E-state index in [0.717, 1.165) is 87.8 Å². The number of aromatic nitrogens is 4. The largest absolute Gasteiger partial charge is 0.457 e. The Morgan fingerprint density at radius 2 is 1.00 bits per heavy atom. The van der Waals surface area contributed by atoms with Crippen LogP contribution in [0.2, 0.25) is 5.02 Å². The summed E-state index contributed by atoms with van der Waals surface area (Å²) in [6.45, 7) is 3.52. The molecule has 0 spiro atoms. The maximum absolute atomic E-state index is 14.7. The molecule has 2 aliphatic rings. The van der Waals surface area contributed by atoms with E-state index in [1.54, 1.807) is 48.8 Å². The van der Waals surface area contributed by atoms with Crippen LogP contribution in [0.25, 0.3) is 22.1 Å². The number of alkyl halides is 6. The number of amides is 4. The average Bonchev–Trinajstić information content (AvgIpc) is 4.13. The number of urea groups is 2. The lowest BCUT2D eigenvalue weighted by molar-refractivity contribution is -0.138. The van der Waals surface area contributed by atoms with E-state index in [1.807, 2.05) is 0 Å². The van der Waals surface area contributed by atoms with Gasteiger partial charge in [-0.05, 0) is 135 Å². The standard InChI is InChI=1S/C52H41ClF6N10O4/c53-42-19-12-36(27-41(42)52(57,58)59)69(49(70)62-33-8-13-37(14-9-33)72-39-17-20-43-45(28-39)64-47(30-60-43)66-22-1-2-23-66)68(50(71)63-34-7-5-6-32(26-34)51(54,55)56)35-10-15-38(16-11-35)73-40-18-21-44-46(29-40)65-48(31-61-44)67-24-3-4-25-67/h5-21,26-31H,1-4,22-25H2,(H,62,70)(H,63,71). The quantitative estimate of drug-likeness (QED) is 0.100. The van der Waals surface area contributed by atoms with Crippen LogP contribution in [0.5, 0.6) is 23.0 Å². The highest BCUT2D eigenvalue weighted by Crippen LogP contribution is 2.39. The molecule has 73 heavy (non-hydrogen) atoms. The first-order valence-corrected chi connectivity index (χ1v) is 23.3. The van der Waals surface area contributed by atoms with Gasteiger partial charge in [0.2, 0.25) is 0 Å². The number of nitrogens with one attached hydrogen (secondary N) is 2. The van der Waals surface area contributed by atoms with E-state index < -0.39 is 46.3 Å². The zero-order chi connectivity index (χ0) is 50.9. The summed E-state index contributed by atoms with van der Waals surface area (Å²) < 4.78 is 97.2. The third-order valence-corrected chi connectivity index (χ3v) is 12.4. The van der Waals surface area contributed by atoms with Crippen LogP contribution in [0.15, 0.2) is 140 Å². The Labute approximate surface area is 417 Å². The van der Waals surface area contributed by atoms with Crippen LogP contribution in [0.1, 0.15) is 36.8 Å². The predicted molar refractivity (Wildman–Crippen MR) is 266 cm³/mol. The molecule has 372 valence electrons. The number of rotatable bonds is 10. The molecule has 2 aliphatic heterocycles. The normalized spacial score (nSPS) is 13.8. The summed E-state index contributed by atoms with van der Waals surface area (Å²) in [5.41, 5.74) is -0.803. The van der Waals surface area contributed by atoms with Crippen molar-refractivity contribution < 1.29 is 45.4 Å². The second kappa shape index (κ2) is 20.0. The minimum atomic E-state index is -5.02. The van der Waals surface area contributed by atoms with Crippen molar-refractivity contribution in [2.24, 2.45) is 0 Å². The van der Waals surface area contributed by atoms with Gasteiger partial charge in [0.25, 0.3) is 0 Å². The molecule has 0 bridgehead atoms. The number of ether oxygens (including phenoxy) is 2. The van der Waals surface area contributed by atoms with E-state index >= 15 is 0 Å². The van der Waals surface area contributed by atoms with E-state index in [9.17, 15) is 35.9 Å². The van der Waals surface area contributed by atoms with Crippen molar-refractivity contribution in [2.75, 3.05) is 56.6 Å². The number of carbonyl (C=O) groups is 2. The van der Waals surface area contributed by atoms with Gasteiger partial charge in [0, 0.05) is 49.7 Å². The molecule has 0 atom stereocenters. The van der Waals surface area contributed by atoms with Gasteiger partial charge in [-0.3, -0.25) is 9.97 Å². The molecule has 2 fully saturated rings. The summed E-state index contributed by atoms with van der Waals surface area (Å²) in [6, 6.07) is 25.8. The van der Waals surface area contributed by atoms with E-state index in [4.69, 9.17) is 31.0 Å². The van der Waals surface area contributed by atoms with Crippen molar-refractivity contribution >= 4 is 80.1 Å². The van der Waals surface area contributed by atoms with Gasteiger partial charge >= 0.3 is 24.4 Å². The Morgan fingerprint density at radius 3 is 1.52 bits per heavy atom. The minimum Gasteiger partial charge on any atom is -0.457 e. The summed E-state index contributed by atoms with van der Waals surface area (Å²) >= 11 is 6.03. The predicted octanol–water partition coefficient (Wildman–Crippen LogP) is 13.7. The highest BCUT2D eigenvalue weighted by Gasteiger charge is 2.37. The van der Waals surface area contributed by atoms with Gasteiger partial charge in [-0.25, -0.2) is 19.6 Å². The number of nitrogens with zero attached hydrogens (tertiary/aromatic N) is 8. The number of anilines is 6. The smallest absolute Gasteiger partial charge is 0.417 e. The van der Waals surface area contributed by atoms with Gasteiger partial charge in [-0.1, -0.05) is 17.7 Å². The van der Waals surface area contributed by atoms with Crippen molar-refractivity contribution in [1.29, 1.82) is 0 Å². The molecule has 6 aromatic carbocycles. The molecule has 2 saturated heterocycles. The highest BCUT2D eigenvalue weighted by atomic mass is 35.5. The molecule has 4 heterocycles. The molecule has 8 aromatic rings. The fraction of sp³-hybridized carbons (Fsp3) is 0.192. The van der Waals surface area contributed by atoms with E-state index in [0.29, 0.717) is 61.5 Å². The Hall–Kier alpha value is -8.39. The second-order valence-corrected chi connectivity index (χ2v) is 17.5. The van der Waals surface area contributed by atoms with Crippen molar-refractivity contribution in [3.8, 4) is 23.0 Å². The monoisotopic (exact) mass is 1020 g/mol. The molecule has 14 nitrogen and oxygen atoms in total. The number of fused-ring (bicyclic) bond motifs is 2. The number of hydrogen-bond acceptors (Lipinski definition) is 10. The Bertz CT molecular complexity index is 3340. The first-order chi connectivity index (χ1) is 35.1. The molecule has 0 radical (unpaired) electrons. The van der Waals surface area contributed by atoms with Crippen LogP contribution in [0.3, 0.4) is 0 Å². The Morgan fingerprint density at radius 1 is 0.521 bits per heavy atom. The first kappa shape index (κ1) is 48.2. The molecule has 0 unspecified atom stereocenters. The number of hydrazine groups is 1. The summed E-state index contributed by atoms with van der Waals surface area (Å²) in [5, 5.41) is 5.57. The highest BCUT2D eigenvalue weighted by molar-refractivity contribution is 6.31. The van der Waals surface area contributed by atoms with Crippen LogP contribution in [-0.2, 0) is 12.4 Å². The second-order valence-electron chi connectivity index (χ2n) is 17.1. The van der Waals surface area contributed by atoms with Crippen molar-refractivity contribution in [3.05, 3.63) is 156 Å². The van der Waals surface area contributed by atoms with Gasteiger partial charge in [0.05, 0.1) is 62.0 Å². The topological polar surface area (TPSA) is 141 Å². The fourth-order valence-electron chi connectivity index (χ4n) is 8.46. The van der Waals surface area contributed by atoms with E-state index in [-0.39, 0.29) is 22.8 Å². The molecule has 0 saturated carbocycles. The fourth-order valence-corrected chi connectivity index (χ4v) is 8.68. The molecule has 2 N–H and O–H groups in total. The first-order valence-electron chi connectivity index (χ1n) is 23.0. The molecular weight excluding hydrogens is 978 g/mol. The lowest BCUT2D eigenvalue weighted by Crippen LogP contribution is -2.54. The lowest BCUT2D eigenvalue weighted by Gasteiger charge is -2.35. The molecule has 10 rings (SSSR count). The lowest BCUT2D eigenvalue weighted by atomic mass is 10.2. The summed E-state index contributed by atoms with van der Waals surface area (Å²) in [4.78, 5) is 52.2. The van der Waals surface area contributed by atoms with Gasteiger partial charge in [0.1, 0.15) is 34.6 Å². The summed E-state index contributed by atoms with van der Waals surface area (Å²) in [5.74, 6) is 2.90. The maximum Gasteiger partial charge on any atom is 0.417 e. The van der Waals surface area contributed by atoms with Crippen LogP contribution in [0, 0.1) is 0 Å². The summed E-state index contributed by atoms with van der Waals surface area (Å²) in [6.07, 6.45) is -2.11. The molecule has 21 heteroatoms. The number of benzene rings is 6. The van der Waals surface area contributed by atoms with Crippen molar-refractivity contribution in [3.63, 3.8) is 0 Å². The van der Waals surface area contributed by atoms with Crippen LogP contribution >= 0.6 is 11.6 Å². The zero-order valence-electron chi connectivity index (χ0n) is 38.3. The van der Waals surface area contributed by atoms with Crippen molar-refractivity contribution in [2.45, 2.75) is 38.0 Å². The van der Waals surface area contributed by atoms with E-state index in [2.05, 4.69) is 30.4 Å². The molecule has 0 aliphatic carbocycles. The number of carbonyl (C=O) groups excluding carboxylic acids is 2. The summed E-state index contributed by atoms with van der Waals surface area (Å²) in [7, 11) is 0. The third-order valence-electron chi connectivity index (χ3n) is 12.0. The maximum atomic E-state index is 14.7. The van der Waals surface area contributed by atoms with Crippen LogP contribution < -0.4 is 39.9 Å². The Balaban J connectivity index is 0.969. The minimum absolute atomic E-state index is 0.113. The molecular formula is C52H41ClF6N10O4. The molecule has 2 aromatic heterocycles. The SMILES string of the molecule is O=C(Nc1cccc(C(F)(F)F)c1)N(c1ccc(Oc2ccc3ncc(N4CCCC4)nc3c2)cc1)N(C(=O)Nc1ccc(Oc2ccc3ncc(N4CCCC4)nc3c2)cc1)c1ccc(Cl)c(C(F)(F)F)c1. The van der Waals surface area contributed by atoms with Gasteiger partial charge in [-0.2, -0.15) is 36.4 Å². The third kappa shape index (κ3) is 10.9. The van der Waals surface area contributed by atoms with Gasteiger partial charge in [0.15, 0.2) is 0 Å². The van der Waals surface area contributed by atoms with Gasteiger partial charge in [-0.15, -0.1) is 0 Å². The van der Waals surface area contributed by atoms with Gasteiger partial charge < -0.3 is 29.9 Å². The number of hydrogen-bond donors (Lipinski definition) is 2. The average molecular weight is 1020 g/mol. The van der Waals surface area contributed by atoms with Crippen LogP contribution in [-0.4, -0.2) is 58.2 Å². The number of halogens is 7.